The Morgan fingerprint density at radius 2 is 1.95 bits per heavy atom. The molecular weight excluding hydrogens is 302 g/mol. The first-order chi connectivity index (χ1) is 9.17. The highest BCUT2D eigenvalue weighted by Gasteiger charge is 2.31. The maximum Gasteiger partial charge on any atom is 0.251 e. The molecule has 0 saturated heterocycles. The minimum Gasteiger partial charge on any atom is -0.351 e. The van der Waals surface area contributed by atoms with Crippen LogP contribution in [0.5, 0.6) is 0 Å². The molecule has 0 heterocycles. The number of amides is 1. The molecule has 1 aromatic rings. The van der Waals surface area contributed by atoms with Gasteiger partial charge in [0.15, 0.2) is 0 Å². The smallest absolute Gasteiger partial charge is 0.251 e. The third-order valence-electron chi connectivity index (χ3n) is 4.21. The third kappa shape index (κ3) is 3.59. The van der Waals surface area contributed by atoms with Gasteiger partial charge in [-0.3, -0.25) is 4.79 Å². The zero-order chi connectivity index (χ0) is 13.7. The highest BCUT2D eigenvalue weighted by molar-refractivity contribution is 9.09. The van der Waals surface area contributed by atoms with E-state index < -0.39 is 0 Å². The number of alkyl halides is 1. The van der Waals surface area contributed by atoms with Crippen molar-refractivity contribution < 1.29 is 4.79 Å². The van der Waals surface area contributed by atoms with Crippen LogP contribution in [0.25, 0.3) is 0 Å². The molecule has 1 saturated carbocycles. The first kappa shape index (κ1) is 14.6. The van der Waals surface area contributed by atoms with E-state index in [2.05, 4.69) is 21.2 Å². The molecular formula is C16H22BrNO. The van der Waals surface area contributed by atoms with Crippen LogP contribution >= 0.6 is 15.9 Å². The maximum absolute atomic E-state index is 12.2. The summed E-state index contributed by atoms with van der Waals surface area (Å²) in [5, 5.41) is 4.11. The van der Waals surface area contributed by atoms with E-state index >= 15 is 0 Å². The summed E-state index contributed by atoms with van der Waals surface area (Å²) in [6, 6.07) is 7.76. The Morgan fingerprint density at radius 3 is 2.58 bits per heavy atom. The fraction of sp³-hybridized carbons (Fsp3) is 0.562. The maximum atomic E-state index is 12.2. The molecule has 1 aliphatic rings. The molecule has 0 atom stereocenters. The number of aryl methyl sites for hydroxylation is 1. The Balaban J connectivity index is 1.98. The van der Waals surface area contributed by atoms with Gasteiger partial charge in [-0.2, -0.15) is 0 Å². The number of hydrogen-bond acceptors (Lipinski definition) is 1. The molecule has 0 aliphatic heterocycles. The van der Waals surface area contributed by atoms with Crippen LogP contribution in [0, 0.1) is 12.3 Å². The van der Waals surface area contributed by atoms with Crippen LogP contribution in [0.1, 0.15) is 48.0 Å². The summed E-state index contributed by atoms with van der Waals surface area (Å²) in [4.78, 5) is 12.2. The van der Waals surface area contributed by atoms with Gasteiger partial charge < -0.3 is 5.32 Å². The molecule has 3 heteroatoms. The second-order valence-electron chi connectivity index (χ2n) is 5.69. The second-order valence-corrected chi connectivity index (χ2v) is 6.25. The van der Waals surface area contributed by atoms with Crippen molar-refractivity contribution in [2.24, 2.45) is 5.41 Å². The number of hydrogen-bond donors (Lipinski definition) is 1. The van der Waals surface area contributed by atoms with Crippen LogP contribution in [-0.4, -0.2) is 17.8 Å². The molecule has 1 amide bonds. The quantitative estimate of drug-likeness (QED) is 0.831. The lowest BCUT2D eigenvalue weighted by atomic mass is 9.75. The molecule has 2 rings (SSSR count). The Hall–Kier alpha value is -0.830. The zero-order valence-electron chi connectivity index (χ0n) is 11.5. The molecule has 0 unspecified atom stereocenters. The number of rotatable bonds is 4. The Bertz CT molecular complexity index is 438. The van der Waals surface area contributed by atoms with Crippen molar-refractivity contribution in [2.75, 3.05) is 11.9 Å². The highest BCUT2D eigenvalue weighted by Crippen LogP contribution is 2.37. The van der Waals surface area contributed by atoms with Gasteiger partial charge in [0.25, 0.3) is 5.91 Å². The summed E-state index contributed by atoms with van der Waals surface area (Å²) in [7, 11) is 0. The molecule has 0 spiro atoms. The van der Waals surface area contributed by atoms with Gasteiger partial charge in [0, 0.05) is 17.4 Å². The van der Waals surface area contributed by atoms with Crippen LogP contribution in [0.15, 0.2) is 24.3 Å². The molecule has 0 bridgehead atoms. The van der Waals surface area contributed by atoms with Crippen LogP contribution in [0.2, 0.25) is 0 Å². The first-order valence-corrected chi connectivity index (χ1v) is 8.19. The zero-order valence-corrected chi connectivity index (χ0v) is 13.1. The van der Waals surface area contributed by atoms with Crippen molar-refractivity contribution in [1.82, 2.24) is 5.32 Å². The van der Waals surface area contributed by atoms with Gasteiger partial charge in [-0.1, -0.05) is 53.4 Å². The lowest BCUT2D eigenvalue weighted by Gasteiger charge is -2.35. The van der Waals surface area contributed by atoms with Crippen molar-refractivity contribution in [3.05, 3.63) is 35.4 Å². The molecule has 1 fully saturated rings. The fourth-order valence-electron chi connectivity index (χ4n) is 2.85. The van der Waals surface area contributed by atoms with Gasteiger partial charge in [-0.15, -0.1) is 0 Å². The highest BCUT2D eigenvalue weighted by atomic mass is 79.9. The molecule has 1 N–H and O–H groups in total. The lowest BCUT2D eigenvalue weighted by molar-refractivity contribution is 0.0921. The lowest BCUT2D eigenvalue weighted by Crippen LogP contribution is -2.40. The second kappa shape index (κ2) is 6.56. The molecule has 104 valence electrons. The van der Waals surface area contributed by atoms with E-state index in [1.807, 2.05) is 31.2 Å². The number of benzene rings is 1. The van der Waals surface area contributed by atoms with Crippen molar-refractivity contribution in [3.8, 4) is 0 Å². The minimum absolute atomic E-state index is 0.0593. The van der Waals surface area contributed by atoms with Crippen molar-refractivity contribution in [3.63, 3.8) is 0 Å². The largest absolute Gasteiger partial charge is 0.351 e. The van der Waals surface area contributed by atoms with Crippen molar-refractivity contribution in [1.29, 1.82) is 0 Å². The van der Waals surface area contributed by atoms with Crippen LogP contribution in [0.3, 0.4) is 0 Å². The summed E-state index contributed by atoms with van der Waals surface area (Å²) >= 11 is 3.64. The third-order valence-corrected chi connectivity index (χ3v) is 5.40. The van der Waals surface area contributed by atoms with Crippen LogP contribution < -0.4 is 5.32 Å². The molecule has 1 aliphatic carbocycles. The summed E-state index contributed by atoms with van der Waals surface area (Å²) in [5.74, 6) is 0.0593. The first-order valence-electron chi connectivity index (χ1n) is 7.07. The average Bonchev–Trinajstić information content (AvgIpc) is 2.46. The summed E-state index contributed by atoms with van der Waals surface area (Å²) < 4.78 is 0. The van der Waals surface area contributed by atoms with E-state index in [1.54, 1.807) is 0 Å². The molecule has 19 heavy (non-hydrogen) atoms. The van der Waals surface area contributed by atoms with Crippen molar-refractivity contribution >= 4 is 21.8 Å². The van der Waals surface area contributed by atoms with E-state index in [0.29, 0.717) is 0 Å². The van der Waals surface area contributed by atoms with E-state index in [4.69, 9.17) is 0 Å². The van der Waals surface area contributed by atoms with E-state index in [-0.39, 0.29) is 11.3 Å². The van der Waals surface area contributed by atoms with Gasteiger partial charge in [-0.25, -0.2) is 0 Å². The minimum atomic E-state index is 0.0593. The summed E-state index contributed by atoms with van der Waals surface area (Å²) in [5.41, 5.74) is 2.09. The van der Waals surface area contributed by atoms with Gasteiger partial charge in [0.05, 0.1) is 0 Å². The summed E-state index contributed by atoms with van der Waals surface area (Å²) in [6.45, 7) is 2.77. The molecule has 0 aromatic heterocycles. The predicted molar refractivity (Wildman–Crippen MR) is 82.8 cm³/mol. The number of carbonyl (C=O) groups excluding carboxylic acids is 1. The number of halogens is 1. The fourth-order valence-corrected chi connectivity index (χ4v) is 3.61. The Morgan fingerprint density at radius 1 is 1.26 bits per heavy atom. The average molecular weight is 324 g/mol. The normalized spacial score (nSPS) is 18.0. The number of carbonyl (C=O) groups is 1. The predicted octanol–water partition coefficient (Wildman–Crippen LogP) is 4.07. The van der Waals surface area contributed by atoms with E-state index in [0.717, 1.165) is 23.0 Å². The Labute approximate surface area is 124 Å². The van der Waals surface area contributed by atoms with Crippen LogP contribution in [0.4, 0.5) is 0 Å². The van der Waals surface area contributed by atoms with Gasteiger partial charge in [0.2, 0.25) is 0 Å². The topological polar surface area (TPSA) is 29.1 Å². The standard InChI is InChI=1S/C16H22BrNO/c1-13-7-3-4-8-14(13)15(19)18-12-16(11-17)9-5-2-6-10-16/h3-4,7-8H,2,5-6,9-12H2,1H3,(H,18,19). The summed E-state index contributed by atoms with van der Waals surface area (Å²) in [6.07, 6.45) is 6.33. The van der Waals surface area contributed by atoms with Gasteiger partial charge in [0.1, 0.15) is 0 Å². The molecule has 2 nitrogen and oxygen atoms in total. The van der Waals surface area contributed by atoms with E-state index in [9.17, 15) is 4.79 Å². The molecule has 0 radical (unpaired) electrons. The molecule has 1 aromatic carbocycles. The monoisotopic (exact) mass is 323 g/mol. The number of nitrogens with one attached hydrogen (secondary N) is 1. The Kier molecular flexibility index (Phi) is 5.03. The van der Waals surface area contributed by atoms with Gasteiger partial charge in [-0.05, 0) is 36.8 Å². The SMILES string of the molecule is Cc1ccccc1C(=O)NCC1(CBr)CCCCC1. The van der Waals surface area contributed by atoms with Crippen LogP contribution in [-0.2, 0) is 0 Å². The van der Waals surface area contributed by atoms with E-state index in [1.165, 1.54) is 32.1 Å². The van der Waals surface area contributed by atoms with Crippen molar-refractivity contribution in [2.45, 2.75) is 39.0 Å². The van der Waals surface area contributed by atoms with Gasteiger partial charge >= 0.3 is 0 Å².